The summed E-state index contributed by atoms with van der Waals surface area (Å²) in [6.07, 6.45) is 6.16. The Hall–Kier alpha value is -2.50. The van der Waals surface area contributed by atoms with Gasteiger partial charge in [-0.1, -0.05) is 0 Å². The Morgan fingerprint density at radius 2 is 2.14 bits per heavy atom. The van der Waals surface area contributed by atoms with Crippen molar-refractivity contribution in [2.75, 3.05) is 0 Å². The van der Waals surface area contributed by atoms with E-state index in [1.54, 1.807) is 25.4 Å². The van der Waals surface area contributed by atoms with Crippen LogP contribution in [0.1, 0.15) is 36.2 Å². The van der Waals surface area contributed by atoms with Crippen LogP contribution in [0, 0.1) is 0 Å². The summed E-state index contributed by atoms with van der Waals surface area (Å²) in [5.41, 5.74) is 2.70. The van der Waals surface area contributed by atoms with Gasteiger partial charge >= 0.3 is 0 Å². The van der Waals surface area contributed by atoms with Crippen LogP contribution in [0.25, 0.3) is 0 Å². The molecular formula is C16H18N4O2. The third-order valence-corrected chi connectivity index (χ3v) is 3.94. The number of amides is 1. The summed E-state index contributed by atoms with van der Waals surface area (Å²) in [5, 5.41) is 7.19. The predicted molar refractivity (Wildman–Crippen MR) is 81.3 cm³/mol. The highest BCUT2D eigenvalue weighted by Crippen LogP contribution is 2.18. The summed E-state index contributed by atoms with van der Waals surface area (Å²) in [5.74, 6) is -0.218. The zero-order valence-electron chi connectivity index (χ0n) is 12.5. The molecule has 1 aliphatic rings. The molecule has 1 amide bonds. The molecule has 1 aliphatic carbocycles. The fraction of sp³-hybridized carbons (Fsp3) is 0.375. The van der Waals surface area contributed by atoms with Gasteiger partial charge in [-0.2, -0.15) is 5.10 Å². The molecule has 0 spiro atoms. The van der Waals surface area contributed by atoms with Gasteiger partial charge in [0.1, 0.15) is 6.04 Å². The standard InChI is InChI=1S/C16H18N4O2/c1-11(16(22)18-10-12-5-7-17-8-6-12)20-15(21)9-13-3-2-4-14(13)19-20/h5-9,11H,2-4,10H2,1H3,(H,18,22). The topological polar surface area (TPSA) is 76.9 Å². The lowest BCUT2D eigenvalue weighted by molar-refractivity contribution is -0.124. The predicted octanol–water partition coefficient (Wildman–Crippen LogP) is 1.00. The molecule has 0 saturated heterocycles. The van der Waals surface area contributed by atoms with E-state index >= 15 is 0 Å². The molecule has 1 N–H and O–H groups in total. The molecule has 1 atom stereocenters. The summed E-state index contributed by atoms with van der Waals surface area (Å²) >= 11 is 0. The van der Waals surface area contributed by atoms with Crippen molar-refractivity contribution < 1.29 is 4.79 Å². The quantitative estimate of drug-likeness (QED) is 0.913. The molecule has 1 unspecified atom stereocenters. The van der Waals surface area contributed by atoms with E-state index in [0.717, 1.165) is 36.1 Å². The molecule has 0 aromatic carbocycles. The Bertz CT molecular complexity index is 740. The second-order valence-corrected chi connectivity index (χ2v) is 5.50. The van der Waals surface area contributed by atoms with Crippen LogP contribution in [0.2, 0.25) is 0 Å². The molecule has 6 heteroatoms. The molecule has 6 nitrogen and oxygen atoms in total. The van der Waals surface area contributed by atoms with E-state index in [-0.39, 0.29) is 11.5 Å². The van der Waals surface area contributed by atoms with Gasteiger partial charge in [0.15, 0.2) is 0 Å². The van der Waals surface area contributed by atoms with E-state index in [9.17, 15) is 9.59 Å². The second kappa shape index (κ2) is 6.09. The maximum atomic E-state index is 12.2. The van der Waals surface area contributed by atoms with Gasteiger partial charge in [-0.15, -0.1) is 0 Å². The first kappa shape index (κ1) is 14.4. The molecule has 2 aromatic heterocycles. The fourth-order valence-corrected chi connectivity index (χ4v) is 2.64. The summed E-state index contributed by atoms with van der Waals surface area (Å²) in [4.78, 5) is 28.3. The summed E-state index contributed by atoms with van der Waals surface area (Å²) in [7, 11) is 0. The molecule has 0 aliphatic heterocycles. The lowest BCUT2D eigenvalue weighted by Crippen LogP contribution is -2.37. The molecule has 0 bridgehead atoms. The van der Waals surface area contributed by atoms with Crippen molar-refractivity contribution in [1.82, 2.24) is 20.1 Å². The average Bonchev–Trinajstić information content (AvgIpc) is 2.99. The molecule has 22 heavy (non-hydrogen) atoms. The first-order chi connectivity index (χ1) is 10.6. The van der Waals surface area contributed by atoms with Crippen molar-refractivity contribution in [3.05, 3.63) is 57.8 Å². The molecule has 2 aromatic rings. The van der Waals surface area contributed by atoms with Gasteiger partial charge < -0.3 is 5.32 Å². The maximum Gasteiger partial charge on any atom is 0.267 e. The van der Waals surface area contributed by atoms with Gasteiger partial charge in [-0.3, -0.25) is 14.6 Å². The number of hydrogen-bond donors (Lipinski definition) is 1. The van der Waals surface area contributed by atoms with Gasteiger partial charge in [0.2, 0.25) is 5.91 Å². The third kappa shape index (κ3) is 2.90. The van der Waals surface area contributed by atoms with E-state index in [1.165, 1.54) is 4.68 Å². The average molecular weight is 298 g/mol. The van der Waals surface area contributed by atoms with Crippen LogP contribution in [0.4, 0.5) is 0 Å². The van der Waals surface area contributed by atoms with Gasteiger partial charge in [0, 0.05) is 25.0 Å². The van der Waals surface area contributed by atoms with E-state index < -0.39 is 6.04 Å². The van der Waals surface area contributed by atoms with Crippen molar-refractivity contribution in [1.29, 1.82) is 0 Å². The largest absolute Gasteiger partial charge is 0.350 e. The number of nitrogens with one attached hydrogen (secondary N) is 1. The van der Waals surface area contributed by atoms with Crippen LogP contribution >= 0.6 is 0 Å². The molecule has 2 heterocycles. The monoisotopic (exact) mass is 298 g/mol. The highest BCUT2D eigenvalue weighted by atomic mass is 16.2. The molecule has 114 valence electrons. The minimum atomic E-state index is -0.625. The van der Waals surface area contributed by atoms with Crippen LogP contribution in [0.3, 0.4) is 0 Å². The molecule has 0 saturated carbocycles. The van der Waals surface area contributed by atoms with Gasteiger partial charge in [-0.05, 0) is 49.4 Å². The summed E-state index contributed by atoms with van der Waals surface area (Å²) in [6.45, 7) is 2.10. The number of carbonyl (C=O) groups excluding carboxylic acids is 1. The molecule has 0 radical (unpaired) electrons. The number of rotatable bonds is 4. The van der Waals surface area contributed by atoms with E-state index in [1.807, 2.05) is 12.1 Å². The molecular weight excluding hydrogens is 280 g/mol. The lowest BCUT2D eigenvalue weighted by atomic mass is 10.2. The van der Waals surface area contributed by atoms with Crippen molar-refractivity contribution >= 4 is 5.91 Å². The lowest BCUT2D eigenvalue weighted by Gasteiger charge is -2.15. The normalized spacial score (nSPS) is 14.4. The summed E-state index contributed by atoms with van der Waals surface area (Å²) < 4.78 is 1.28. The summed E-state index contributed by atoms with van der Waals surface area (Å²) in [6, 6.07) is 4.66. The Morgan fingerprint density at radius 1 is 1.36 bits per heavy atom. The number of pyridine rings is 1. The van der Waals surface area contributed by atoms with E-state index in [0.29, 0.717) is 6.54 Å². The Balaban J connectivity index is 1.72. The number of nitrogens with zero attached hydrogens (tertiary/aromatic N) is 3. The fourth-order valence-electron chi connectivity index (χ4n) is 2.64. The SMILES string of the molecule is CC(C(=O)NCc1ccncc1)n1nc2c(cc1=O)CCC2. The van der Waals surface area contributed by atoms with Gasteiger partial charge in [0.25, 0.3) is 5.56 Å². The van der Waals surface area contributed by atoms with Crippen LogP contribution in [0.15, 0.2) is 35.4 Å². The van der Waals surface area contributed by atoms with Crippen LogP contribution in [-0.4, -0.2) is 20.7 Å². The highest BCUT2D eigenvalue weighted by Gasteiger charge is 2.21. The third-order valence-electron chi connectivity index (χ3n) is 3.94. The van der Waals surface area contributed by atoms with Crippen molar-refractivity contribution in [3.8, 4) is 0 Å². The first-order valence-electron chi connectivity index (χ1n) is 7.43. The van der Waals surface area contributed by atoms with E-state index in [4.69, 9.17) is 0 Å². The maximum absolute atomic E-state index is 12.2. The zero-order valence-corrected chi connectivity index (χ0v) is 12.5. The molecule has 0 fully saturated rings. The number of carbonyl (C=O) groups is 1. The minimum absolute atomic E-state index is 0.216. The number of hydrogen-bond acceptors (Lipinski definition) is 4. The minimum Gasteiger partial charge on any atom is -0.350 e. The Kier molecular flexibility index (Phi) is 4.00. The van der Waals surface area contributed by atoms with Crippen molar-refractivity contribution in [2.45, 2.75) is 38.8 Å². The van der Waals surface area contributed by atoms with E-state index in [2.05, 4.69) is 15.4 Å². The van der Waals surface area contributed by atoms with Gasteiger partial charge in [0.05, 0.1) is 5.69 Å². The smallest absolute Gasteiger partial charge is 0.267 e. The number of aromatic nitrogens is 3. The Labute approximate surface area is 128 Å². The Morgan fingerprint density at radius 3 is 2.91 bits per heavy atom. The van der Waals surface area contributed by atoms with Crippen LogP contribution in [0.5, 0.6) is 0 Å². The highest BCUT2D eigenvalue weighted by molar-refractivity contribution is 5.79. The molecule has 3 rings (SSSR count). The first-order valence-corrected chi connectivity index (χ1v) is 7.43. The zero-order chi connectivity index (χ0) is 15.5. The van der Waals surface area contributed by atoms with Gasteiger partial charge in [-0.25, -0.2) is 4.68 Å². The number of fused-ring (bicyclic) bond motifs is 1. The number of aryl methyl sites for hydroxylation is 2. The van der Waals surface area contributed by atoms with Crippen LogP contribution < -0.4 is 10.9 Å². The van der Waals surface area contributed by atoms with Crippen molar-refractivity contribution in [2.24, 2.45) is 0 Å². The van der Waals surface area contributed by atoms with Crippen molar-refractivity contribution in [3.63, 3.8) is 0 Å². The van der Waals surface area contributed by atoms with Crippen LogP contribution in [-0.2, 0) is 24.2 Å². The second-order valence-electron chi connectivity index (χ2n) is 5.50.